The smallest absolute Gasteiger partial charge is 0.332 e. The van der Waals surface area contributed by atoms with E-state index in [4.69, 9.17) is 0 Å². The van der Waals surface area contributed by atoms with Crippen molar-refractivity contribution in [3.8, 4) is 0 Å². The van der Waals surface area contributed by atoms with Crippen LogP contribution in [-0.2, 0) is 22.4 Å². The molecule has 0 heterocycles. The molecule has 0 aromatic heterocycles. The highest BCUT2D eigenvalue weighted by atomic mass is 16.4. The summed E-state index contributed by atoms with van der Waals surface area (Å²) in [4.78, 5) is 23.0. The third kappa shape index (κ3) is 2.14. The third-order valence-corrected chi connectivity index (χ3v) is 5.02. The van der Waals surface area contributed by atoms with Crippen LogP contribution in [0, 0.1) is 16.4 Å². The molecule has 0 aliphatic heterocycles. The fourth-order valence-corrected chi connectivity index (χ4v) is 3.86. The van der Waals surface area contributed by atoms with Crippen molar-refractivity contribution < 1.29 is 19.8 Å². The van der Waals surface area contributed by atoms with Crippen molar-refractivity contribution >= 4 is 23.6 Å². The molecule has 0 radical (unpaired) electrons. The number of hydrogen-bond acceptors (Lipinski definition) is 2. The molecule has 4 nitrogen and oxygen atoms in total. The third-order valence-electron chi connectivity index (χ3n) is 5.02. The van der Waals surface area contributed by atoms with Crippen molar-refractivity contribution in [1.82, 2.24) is 0 Å². The van der Waals surface area contributed by atoms with E-state index in [0.717, 1.165) is 32.0 Å². The van der Waals surface area contributed by atoms with E-state index in [1.54, 1.807) is 6.08 Å². The van der Waals surface area contributed by atoms with Crippen molar-refractivity contribution in [1.29, 1.82) is 0 Å². The van der Waals surface area contributed by atoms with Crippen LogP contribution in [0.3, 0.4) is 0 Å². The van der Waals surface area contributed by atoms with E-state index in [1.165, 1.54) is 0 Å². The molecule has 2 aliphatic carbocycles. The molecule has 4 heteroatoms. The SMILES string of the molecule is O=C(O)C1=c2ccccc2=c2ccc3c(c2C1)CCC(C(=O)O)C=3. The Morgan fingerprint density at radius 3 is 2.38 bits per heavy atom. The molecule has 2 aliphatic rings. The maximum Gasteiger partial charge on any atom is 0.332 e. The number of hydrogen-bond donors (Lipinski definition) is 2. The molecule has 1 atom stereocenters. The van der Waals surface area contributed by atoms with Crippen LogP contribution >= 0.6 is 0 Å². The lowest BCUT2D eigenvalue weighted by atomic mass is 9.83. The molecule has 0 amide bonds. The monoisotopic (exact) mass is 320 g/mol. The van der Waals surface area contributed by atoms with Crippen LogP contribution in [0.4, 0.5) is 0 Å². The van der Waals surface area contributed by atoms with Crippen molar-refractivity contribution in [2.75, 3.05) is 0 Å². The molecule has 0 spiro atoms. The number of carbonyl (C=O) groups is 2. The Morgan fingerprint density at radius 2 is 1.67 bits per heavy atom. The van der Waals surface area contributed by atoms with Crippen LogP contribution < -0.4 is 10.4 Å². The Bertz CT molecular complexity index is 1100. The Kier molecular flexibility index (Phi) is 3.27. The van der Waals surface area contributed by atoms with Gasteiger partial charge in [0.15, 0.2) is 0 Å². The lowest BCUT2D eigenvalue weighted by molar-refractivity contribution is -0.139. The minimum atomic E-state index is -0.895. The second kappa shape index (κ2) is 5.34. The molecule has 2 aromatic carbocycles. The van der Waals surface area contributed by atoms with E-state index in [0.29, 0.717) is 24.8 Å². The predicted octanol–water partition coefficient (Wildman–Crippen LogP) is 1.19. The highest BCUT2D eigenvalue weighted by molar-refractivity contribution is 6.09. The van der Waals surface area contributed by atoms with Gasteiger partial charge in [0.05, 0.1) is 5.92 Å². The summed E-state index contributed by atoms with van der Waals surface area (Å²) in [6.07, 6.45) is 3.41. The van der Waals surface area contributed by atoms with Crippen LogP contribution in [0.5, 0.6) is 0 Å². The molecule has 2 aromatic rings. The average Bonchev–Trinajstić information content (AvgIpc) is 2.59. The number of rotatable bonds is 2. The summed E-state index contributed by atoms with van der Waals surface area (Å²) in [5.74, 6) is -2.16. The first-order valence-electron chi connectivity index (χ1n) is 7.97. The molecular formula is C20H16O4. The summed E-state index contributed by atoms with van der Waals surface area (Å²) < 4.78 is 0. The summed E-state index contributed by atoms with van der Waals surface area (Å²) in [5.41, 5.74) is 2.54. The number of benzene rings is 2. The zero-order chi connectivity index (χ0) is 16.8. The molecule has 0 bridgehead atoms. The van der Waals surface area contributed by atoms with Gasteiger partial charge in [-0.15, -0.1) is 0 Å². The maximum atomic E-state index is 11.7. The Balaban J connectivity index is 2.10. The Hall–Kier alpha value is -2.88. The van der Waals surface area contributed by atoms with E-state index < -0.39 is 17.9 Å². The molecule has 0 saturated carbocycles. The van der Waals surface area contributed by atoms with E-state index in [9.17, 15) is 19.8 Å². The molecule has 0 saturated heterocycles. The molecule has 0 fully saturated rings. The number of carboxylic acid groups (broad SMARTS) is 2. The zero-order valence-corrected chi connectivity index (χ0v) is 13.0. The van der Waals surface area contributed by atoms with Gasteiger partial charge in [0.25, 0.3) is 0 Å². The first kappa shape index (κ1) is 14.7. The highest BCUT2D eigenvalue weighted by Crippen LogP contribution is 2.23. The minimum absolute atomic E-state index is 0.385. The molecule has 1 unspecified atom stereocenters. The number of fused-ring (bicyclic) bond motifs is 4. The van der Waals surface area contributed by atoms with Gasteiger partial charge in [-0.25, -0.2) is 4.79 Å². The van der Waals surface area contributed by atoms with Crippen molar-refractivity contribution in [2.24, 2.45) is 5.92 Å². The summed E-state index contributed by atoms with van der Waals surface area (Å²) in [5, 5.41) is 22.6. The quantitative estimate of drug-likeness (QED) is 0.872. The van der Waals surface area contributed by atoms with Gasteiger partial charge in [-0.3, -0.25) is 4.79 Å². The van der Waals surface area contributed by atoms with E-state index in [1.807, 2.05) is 36.4 Å². The summed E-state index contributed by atoms with van der Waals surface area (Å²) in [7, 11) is 0. The number of aliphatic carboxylic acids is 2. The first-order valence-corrected chi connectivity index (χ1v) is 7.97. The van der Waals surface area contributed by atoms with Gasteiger partial charge in [0.2, 0.25) is 0 Å². The molecule has 2 N–H and O–H groups in total. The Morgan fingerprint density at radius 1 is 0.917 bits per heavy atom. The van der Waals surface area contributed by atoms with Crippen LogP contribution in [-0.4, -0.2) is 22.2 Å². The van der Waals surface area contributed by atoms with Gasteiger partial charge in [-0.05, 0) is 44.8 Å². The fourth-order valence-electron chi connectivity index (χ4n) is 3.86. The van der Waals surface area contributed by atoms with Gasteiger partial charge in [0.1, 0.15) is 0 Å². The fraction of sp³-hybridized carbons (Fsp3) is 0.200. The average molecular weight is 320 g/mol. The van der Waals surface area contributed by atoms with Gasteiger partial charge >= 0.3 is 11.9 Å². The van der Waals surface area contributed by atoms with E-state index in [-0.39, 0.29) is 0 Å². The van der Waals surface area contributed by atoms with Gasteiger partial charge in [-0.1, -0.05) is 42.5 Å². The van der Waals surface area contributed by atoms with Crippen LogP contribution in [0.2, 0.25) is 0 Å². The second-order valence-electron chi connectivity index (χ2n) is 6.32. The van der Waals surface area contributed by atoms with Gasteiger partial charge < -0.3 is 10.2 Å². The summed E-state index contributed by atoms with van der Waals surface area (Å²) in [6.45, 7) is 0. The van der Waals surface area contributed by atoms with Crippen LogP contribution in [0.1, 0.15) is 17.5 Å². The molecule has 24 heavy (non-hydrogen) atoms. The lowest BCUT2D eigenvalue weighted by Crippen LogP contribution is -2.28. The van der Waals surface area contributed by atoms with Crippen molar-refractivity contribution in [2.45, 2.75) is 19.3 Å². The van der Waals surface area contributed by atoms with Crippen LogP contribution in [0.15, 0.2) is 36.4 Å². The minimum Gasteiger partial charge on any atom is -0.481 e. The predicted molar refractivity (Wildman–Crippen MR) is 88.5 cm³/mol. The lowest BCUT2D eigenvalue weighted by Gasteiger charge is -2.21. The largest absolute Gasteiger partial charge is 0.481 e. The van der Waals surface area contributed by atoms with Gasteiger partial charge in [-0.2, -0.15) is 0 Å². The molecule has 120 valence electrons. The topological polar surface area (TPSA) is 74.6 Å². The van der Waals surface area contributed by atoms with Gasteiger partial charge in [0, 0.05) is 12.0 Å². The Labute approximate surface area is 137 Å². The van der Waals surface area contributed by atoms with Crippen molar-refractivity contribution in [3.05, 3.63) is 68.4 Å². The highest BCUT2D eigenvalue weighted by Gasteiger charge is 2.23. The van der Waals surface area contributed by atoms with Crippen molar-refractivity contribution in [3.63, 3.8) is 0 Å². The first-order chi connectivity index (χ1) is 11.6. The zero-order valence-electron chi connectivity index (χ0n) is 13.0. The van der Waals surface area contributed by atoms with E-state index >= 15 is 0 Å². The number of carboxylic acids is 2. The standard InChI is InChI=1S/C20H16O4/c21-19(22)12-6-7-13-11(9-12)5-8-16-14-3-1-2-4-15(14)18(20(23)24)10-17(13)16/h1-5,8-9,12H,6-7,10H2,(H,21,22)(H,23,24). The normalized spacial score (nSPS) is 18.0. The van der Waals surface area contributed by atoms with E-state index in [2.05, 4.69) is 0 Å². The second-order valence-corrected chi connectivity index (χ2v) is 6.32. The summed E-state index contributed by atoms with van der Waals surface area (Å²) >= 11 is 0. The molecular weight excluding hydrogens is 304 g/mol. The maximum absolute atomic E-state index is 11.7. The summed E-state index contributed by atoms with van der Waals surface area (Å²) in [6, 6.07) is 11.5. The van der Waals surface area contributed by atoms with Crippen LogP contribution in [0.25, 0.3) is 11.6 Å². The molecule has 4 rings (SSSR count).